The summed E-state index contributed by atoms with van der Waals surface area (Å²) in [4.78, 5) is 38.0. The number of aromatic nitrogens is 1. The fourth-order valence-corrected chi connectivity index (χ4v) is 3.89. The van der Waals surface area contributed by atoms with Gasteiger partial charge < -0.3 is 14.6 Å². The molecule has 7 heteroatoms. The van der Waals surface area contributed by atoms with Crippen LogP contribution in [0.1, 0.15) is 61.6 Å². The normalized spacial score (nSPS) is 11.4. The van der Waals surface area contributed by atoms with E-state index in [1.165, 1.54) is 12.1 Å². The quantitative estimate of drug-likeness (QED) is 0.374. The van der Waals surface area contributed by atoms with Gasteiger partial charge in [0, 0.05) is 17.2 Å². The van der Waals surface area contributed by atoms with Crippen molar-refractivity contribution in [1.82, 2.24) is 9.88 Å². The monoisotopic (exact) mass is 464 g/mol. The van der Waals surface area contributed by atoms with Crippen molar-refractivity contribution in [3.63, 3.8) is 0 Å². The van der Waals surface area contributed by atoms with E-state index in [1.807, 2.05) is 44.2 Å². The summed E-state index contributed by atoms with van der Waals surface area (Å²) in [6.07, 6.45) is 0.704. The first-order valence-corrected chi connectivity index (χ1v) is 11.1. The van der Waals surface area contributed by atoms with Crippen LogP contribution in [-0.4, -0.2) is 34.9 Å². The van der Waals surface area contributed by atoms with Gasteiger partial charge in [0.05, 0.1) is 5.69 Å². The van der Waals surface area contributed by atoms with Gasteiger partial charge in [-0.3, -0.25) is 14.4 Å². The molecule has 0 aliphatic carbocycles. The molecule has 1 amide bonds. The minimum Gasteiger partial charge on any atom is -0.459 e. The second-order valence-corrected chi connectivity index (χ2v) is 9.21. The van der Waals surface area contributed by atoms with E-state index < -0.39 is 23.3 Å². The van der Waals surface area contributed by atoms with E-state index in [4.69, 9.17) is 4.74 Å². The maximum atomic E-state index is 13.7. The predicted molar refractivity (Wildman–Crippen MR) is 129 cm³/mol. The summed E-state index contributed by atoms with van der Waals surface area (Å²) in [6.45, 7) is 8.64. The molecule has 1 aromatic heterocycles. The van der Waals surface area contributed by atoms with E-state index in [2.05, 4.69) is 5.32 Å². The second-order valence-electron chi connectivity index (χ2n) is 9.21. The molecule has 3 rings (SSSR count). The Hall–Kier alpha value is -3.74. The Morgan fingerprint density at radius 1 is 1.00 bits per heavy atom. The number of rotatable bonds is 7. The van der Waals surface area contributed by atoms with Gasteiger partial charge in [0.25, 0.3) is 5.91 Å². The topological polar surface area (TPSA) is 77.4 Å². The molecule has 1 N–H and O–H groups in total. The fraction of sp³-hybridized carbons (Fsp3) is 0.296. The van der Waals surface area contributed by atoms with Gasteiger partial charge in [-0.25, -0.2) is 4.39 Å². The van der Waals surface area contributed by atoms with Crippen LogP contribution in [0, 0.1) is 5.82 Å². The SMILES string of the molecule is CC(C)n1c(C=O)c(-c2ccc(F)cc2)c(-c2ccccc2)c1C(=O)NCC(=O)OC(C)(C)C. The fourth-order valence-electron chi connectivity index (χ4n) is 3.89. The Bertz CT molecular complexity index is 1190. The molecule has 0 fully saturated rings. The van der Waals surface area contributed by atoms with Gasteiger partial charge in [-0.05, 0) is 57.9 Å². The van der Waals surface area contributed by atoms with Crippen LogP contribution in [-0.2, 0) is 9.53 Å². The molecule has 6 nitrogen and oxygen atoms in total. The lowest BCUT2D eigenvalue weighted by Crippen LogP contribution is -2.35. The number of halogens is 1. The predicted octanol–water partition coefficient (Wildman–Crippen LogP) is 5.43. The summed E-state index contributed by atoms with van der Waals surface area (Å²) in [5.41, 5.74) is 2.22. The maximum Gasteiger partial charge on any atom is 0.325 e. The molecule has 0 spiro atoms. The lowest BCUT2D eigenvalue weighted by atomic mass is 9.94. The number of ether oxygens (including phenoxy) is 1. The number of amides is 1. The average Bonchev–Trinajstić information content (AvgIpc) is 3.13. The molecule has 0 aliphatic rings. The number of carbonyl (C=O) groups is 3. The molecule has 0 saturated heterocycles. The first-order chi connectivity index (χ1) is 16.0. The Labute approximate surface area is 198 Å². The van der Waals surface area contributed by atoms with Crippen molar-refractivity contribution in [2.24, 2.45) is 0 Å². The zero-order chi connectivity index (χ0) is 25.0. The maximum absolute atomic E-state index is 13.7. The van der Waals surface area contributed by atoms with Gasteiger partial charge >= 0.3 is 5.97 Å². The van der Waals surface area contributed by atoms with Crippen molar-refractivity contribution in [2.75, 3.05) is 6.54 Å². The van der Waals surface area contributed by atoms with Crippen molar-refractivity contribution in [3.8, 4) is 22.3 Å². The van der Waals surface area contributed by atoms with Gasteiger partial charge in [0.1, 0.15) is 23.7 Å². The van der Waals surface area contributed by atoms with Crippen LogP contribution in [0.2, 0.25) is 0 Å². The molecule has 1 heterocycles. The Kier molecular flexibility index (Phi) is 7.35. The van der Waals surface area contributed by atoms with Gasteiger partial charge in [0.2, 0.25) is 0 Å². The zero-order valence-electron chi connectivity index (χ0n) is 20.0. The average molecular weight is 465 g/mol. The number of hydrogen-bond donors (Lipinski definition) is 1. The lowest BCUT2D eigenvalue weighted by molar-refractivity contribution is -0.153. The van der Waals surface area contributed by atoms with Crippen molar-refractivity contribution >= 4 is 18.2 Å². The van der Waals surface area contributed by atoms with Crippen molar-refractivity contribution in [1.29, 1.82) is 0 Å². The number of hydrogen-bond acceptors (Lipinski definition) is 4. The van der Waals surface area contributed by atoms with E-state index >= 15 is 0 Å². The first-order valence-electron chi connectivity index (χ1n) is 11.1. The highest BCUT2D eigenvalue weighted by Gasteiger charge is 2.30. The number of nitrogens with zero attached hydrogens (tertiary/aromatic N) is 1. The van der Waals surface area contributed by atoms with Crippen LogP contribution in [0.15, 0.2) is 54.6 Å². The number of esters is 1. The molecule has 0 aliphatic heterocycles. The zero-order valence-corrected chi connectivity index (χ0v) is 20.0. The van der Waals surface area contributed by atoms with Gasteiger partial charge in [-0.1, -0.05) is 42.5 Å². The third kappa shape index (κ3) is 5.42. The van der Waals surface area contributed by atoms with Crippen LogP contribution in [0.25, 0.3) is 22.3 Å². The van der Waals surface area contributed by atoms with E-state index in [9.17, 15) is 18.8 Å². The molecule has 2 aromatic carbocycles. The van der Waals surface area contributed by atoms with Gasteiger partial charge in [0.15, 0.2) is 6.29 Å². The van der Waals surface area contributed by atoms with E-state index in [1.54, 1.807) is 37.5 Å². The largest absolute Gasteiger partial charge is 0.459 e. The molecule has 0 bridgehead atoms. The molecule has 0 saturated carbocycles. The third-order valence-electron chi connectivity index (χ3n) is 5.10. The summed E-state index contributed by atoms with van der Waals surface area (Å²) in [5, 5.41) is 2.64. The number of nitrogens with one attached hydrogen (secondary N) is 1. The standard InChI is InChI=1S/C27H29FN2O4/c1-17(2)30-21(16-31)23(19-11-13-20(28)14-12-19)24(18-9-7-6-8-10-18)25(30)26(33)29-15-22(32)34-27(3,4)5/h6-14,16-17H,15H2,1-5H3,(H,29,33). The number of aldehydes is 1. The minimum atomic E-state index is -0.685. The molecular formula is C27H29FN2O4. The Morgan fingerprint density at radius 2 is 1.59 bits per heavy atom. The lowest BCUT2D eigenvalue weighted by Gasteiger charge is -2.20. The molecule has 178 valence electrons. The highest BCUT2D eigenvalue weighted by Crippen LogP contribution is 2.41. The van der Waals surface area contributed by atoms with E-state index in [0.29, 0.717) is 34.2 Å². The van der Waals surface area contributed by atoms with Crippen LogP contribution in [0.3, 0.4) is 0 Å². The molecule has 0 radical (unpaired) electrons. The van der Waals surface area contributed by atoms with Crippen LogP contribution >= 0.6 is 0 Å². The summed E-state index contributed by atoms with van der Waals surface area (Å²) in [5.74, 6) is -1.50. The van der Waals surface area contributed by atoms with Gasteiger partial charge in [-0.2, -0.15) is 0 Å². The summed E-state index contributed by atoms with van der Waals surface area (Å²) < 4.78 is 20.6. The summed E-state index contributed by atoms with van der Waals surface area (Å²) in [7, 11) is 0. The molecule has 0 atom stereocenters. The molecule has 34 heavy (non-hydrogen) atoms. The highest BCUT2D eigenvalue weighted by atomic mass is 19.1. The highest BCUT2D eigenvalue weighted by molar-refractivity contribution is 6.08. The third-order valence-corrected chi connectivity index (χ3v) is 5.10. The van der Waals surface area contributed by atoms with E-state index in [0.717, 1.165) is 0 Å². The minimum absolute atomic E-state index is 0.242. The molecule has 3 aromatic rings. The van der Waals surface area contributed by atoms with Crippen molar-refractivity contribution < 1.29 is 23.5 Å². The Morgan fingerprint density at radius 3 is 2.12 bits per heavy atom. The Balaban J connectivity index is 2.21. The van der Waals surface area contributed by atoms with Crippen LogP contribution in [0.4, 0.5) is 4.39 Å². The first kappa shape index (κ1) is 24.9. The summed E-state index contributed by atoms with van der Waals surface area (Å²) in [6, 6.07) is 14.7. The smallest absolute Gasteiger partial charge is 0.325 e. The second kappa shape index (κ2) is 10.0. The molecular weight excluding hydrogens is 435 g/mol. The van der Waals surface area contributed by atoms with Crippen molar-refractivity contribution in [3.05, 3.63) is 71.8 Å². The molecule has 0 unspecified atom stereocenters. The summed E-state index contributed by atoms with van der Waals surface area (Å²) >= 11 is 0. The van der Waals surface area contributed by atoms with Crippen molar-refractivity contribution in [2.45, 2.75) is 46.3 Å². The number of carbonyl (C=O) groups excluding carboxylic acids is 3. The van der Waals surface area contributed by atoms with Crippen LogP contribution < -0.4 is 5.32 Å². The van der Waals surface area contributed by atoms with Crippen LogP contribution in [0.5, 0.6) is 0 Å². The number of benzene rings is 2. The van der Waals surface area contributed by atoms with Gasteiger partial charge in [-0.15, -0.1) is 0 Å². The van der Waals surface area contributed by atoms with E-state index in [-0.39, 0.29) is 18.3 Å².